The third-order valence-electron chi connectivity index (χ3n) is 3.13. The first-order chi connectivity index (χ1) is 10.6. The van der Waals surface area contributed by atoms with Crippen molar-refractivity contribution in [2.24, 2.45) is 0 Å². The average molecular weight is 316 g/mol. The van der Waals surface area contributed by atoms with Crippen LogP contribution in [0.15, 0.2) is 35.8 Å². The van der Waals surface area contributed by atoms with Crippen molar-refractivity contribution in [3.8, 4) is 10.6 Å². The molecule has 6 nitrogen and oxygen atoms in total. The molecule has 3 rings (SSSR count). The lowest BCUT2D eigenvalue weighted by atomic mass is 10.1. The Labute approximate surface area is 129 Å². The molecule has 2 heterocycles. The first kappa shape index (κ1) is 14.3. The van der Waals surface area contributed by atoms with E-state index in [4.69, 9.17) is 9.84 Å². The van der Waals surface area contributed by atoms with Crippen LogP contribution in [0.3, 0.4) is 0 Å². The molecule has 0 bridgehead atoms. The van der Waals surface area contributed by atoms with Gasteiger partial charge < -0.3 is 9.84 Å². The summed E-state index contributed by atoms with van der Waals surface area (Å²) in [5.74, 6) is -0.442. The topological polar surface area (TPSA) is 81.4 Å². The summed E-state index contributed by atoms with van der Waals surface area (Å²) in [5.41, 5.74) is 1.72. The Hall–Kier alpha value is -2.67. The van der Waals surface area contributed by atoms with Crippen LogP contribution in [-0.2, 0) is 4.74 Å². The Morgan fingerprint density at radius 1 is 1.36 bits per heavy atom. The molecule has 7 heteroatoms. The molecular formula is C15H12N2O4S. The minimum atomic E-state index is -1.03. The quantitative estimate of drug-likeness (QED) is 0.748. The second-order valence-electron chi connectivity index (χ2n) is 4.50. The SMILES string of the molecule is CCOC(=O)c1csc(-c2ccc3c(ccn3C(=O)O)c2)n1. The predicted molar refractivity (Wildman–Crippen MR) is 82.4 cm³/mol. The van der Waals surface area contributed by atoms with E-state index in [0.717, 1.165) is 15.5 Å². The maximum Gasteiger partial charge on any atom is 0.415 e. The lowest BCUT2D eigenvalue weighted by Gasteiger charge is -2.00. The lowest BCUT2D eigenvalue weighted by molar-refractivity contribution is 0.0520. The number of ether oxygens (including phenoxy) is 1. The van der Waals surface area contributed by atoms with Gasteiger partial charge in [0.1, 0.15) is 5.01 Å². The molecule has 0 radical (unpaired) electrons. The van der Waals surface area contributed by atoms with E-state index in [0.29, 0.717) is 17.1 Å². The standard InChI is InChI=1S/C15H12N2O4S/c1-2-21-14(18)11-8-22-13(16-11)10-3-4-12-9(7-10)5-6-17(12)15(19)20/h3-8H,2H2,1H3,(H,19,20). The zero-order valence-corrected chi connectivity index (χ0v) is 12.5. The van der Waals surface area contributed by atoms with Gasteiger partial charge in [0.2, 0.25) is 0 Å². The van der Waals surface area contributed by atoms with Gasteiger partial charge in [-0.25, -0.2) is 14.6 Å². The van der Waals surface area contributed by atoms with Gasteiger partial charge in [-0.05, 0) is 31.2 Å². The van der Waals surface area contributed by atoms with Crippen molar-refractivity contribution in [1.82, 2.24) is 9.55 Å². The summed E-state index contributed by atoms with van der Waals surface area (Å²) in [6.07, 6.45) is 0.476. The van der Waals surface area contributed by atoms with Gasteiger partial charge in [-0.3, -0.25) is 4.57 Å². The van der Waals surface area contributed by atoms with Gasteiger partial charge in [0, 0.05) is 22.5 Å². The van der Waals surface area contributed by atoms with Crippen molar-refractivity contribution in [2.45, 2.75) is 6.92 Å². The highest BCUT2D eigenvalue weighted by Crippen LogP contribution is 2.28. The summed E-state index contributed by atoms with van der Waals surface area (Å²) in [5, 5.41) is 12.2. The molecule has 3 aromatic rings. The van der Waals surface area contributed by atoms with Crippen molar-refractivity contribution in [3.63, 3.8) is 0 Å². The number of aromatic nitrogens is 2. The maximum atomic E-state index is 11.6. The number of rotatable bonds is 3. The minimum absolute atomic E-state index is 0.282. The fraction of sp³-hybridized carbons (Fsp3) is 0.133. The Morgan fingerprint density at radius 3 is 2.91 bits per heavy atom. The molecule has 22 heavy (non-hydrogen) atoms. The highest BCUT2D eigenvalue weighted by molar-refractivity contribution is 7.13. The molecule has 112 valence electrons. The predicted octanol–water partition coefficient (Wildman–Crippen LogP) is 3.47. The third kappa shape index (κ3) is 2.46. The van der Waals surface area contributed by atoms with Crippen LogP contribution in [0.5, 0.6) is 0 Å². The summed E-state index contributed by atoms with van der Waals surface area (Å²) in [6.45, 7) is 2.05. The van der Waals surface area contributed by atoms with Crippen LogP contribution in [0, 0.1) is 0 Å². The fourth-order valence-corrected chi connectivity index (χ4v) is 2.93. The van der Waals surface area contributed by atoms with Crippen LogP contribution < -0.4 is 0 Å². The number of nitrogens with zero attached hydrogens (tertiary/aromatic N) is 2. The average Bonchev–Trinajstić information content (AvgIpc) is 3.13. The number of carboxylic acid groups (broad SMARTS) is 1. The molecule has 1 N–H and O–H groups in total. The molecule has 0 atom stereocenters. The van der Waals surface area contributed by atoms with Gasteiger partial charge in [0.05, 0.1) is 12.1 Å². The van der Waals surface area contributed by atoms with Crippen LogP contribution in [0.4, 0.5) is 4.79 Å². The van der Waals surface area contributed by atoms with Crippen LogP contribution in [0.25, 0.3) is 21.5 Å². The first-order valence-electron chi connectivity index (χ1n) is 6.57. The lowest BCUT2D eigenvalue weighted by Crippen LogP contribution is -2.05. The van der Waals surface area contributed by atoms with E-state index in [1.807, 2.05) is 6.07 Å². The molecule has 0 saturated carbocycles. The molecule has 0 saturated heterocycles. The summed E-state index contributed by atoms with van der Waals surface area (Å²) in [4.78, 5) is 27.0. The number of hydrogen-bond donors (Lipinski definition) is 1. The highest BCUT2D eigenvalue weighted by Gasteiger charge is 2.14. The molecule has 2 aromatic heterocycles. The van der Waals surface area contributed by atoms with E-state index in [1.54, 1.807) is 30.5 Å². The molecular weight excluding hydrogens is 304 g/mol. The van der Waals surface area contributed by atoms with E-state index in [-0.39, 0.29) is 5.69 Å². The largest absolute Gasteiger partial charge is 0.464 e. The van der Waals surface area contributed by atoms with Gasteiger partial charge >= 0.3 is 12.1 Å². The van der Waals surface area contributed by atoms with Crippen LogP contribution in [-0.4, -0.2) is 33.3 Å². The summed E-state index contributed by atoms with van der Waals surface area (Å²) < 4.78 is 6.07. The summed E-state index contributed by atoms with van der Waals surface area (Å²) in [7, 11) is 0. The number of benzene rings is 1. The van der Waals surface area contributed by atoms with Gasteiger partial charge in [0.15, 0.2) is 5.69 Å². The number of thiazole rings is 1. The molecule has 0 fully saturated rings. The fourth-order valence-electron chi connectivity index (χ4n) is 2.15. The normalized spacial score (nSPS) is 10.8. The molecule has 0 aliphatic rings. The number of carbonyl (C=O) groups excluding carboxylic acids is 1. The van der Waals surface area contributed by atoms with Gasteiger partial charge in [-0.15, -0.1) is 11.3 Å². The Morgan fingerprint density at radius 2 is 2.18 bits per heavy atom. The van der Waals surface area contributed by atoms with E-state index in [2.05, 4.69) is 4.98 Å². The van der Waals surface area contributed by atoms with Crippen LogP contribution in [0.2, 0.25) is 0 Å². The highest BCUT2D eigenvalue weighted by atomic mass is 32.1. The number of hydrogen-bond acceptors (Lipinski definition) is 5. The summed E-state index contributed by atoms with van der Waals surface area (Å²) in [6, 6.07) is 7.09. The Kier molecular flexibility index (Phi) is 3.64. The van der Waals surface area contributed by atoms with E-state index in [1.165, 1.54) is 17.5 Å². The molecule has 0 amide bonds. The van der Waals surface area contributed by atoms with Crippen molar-refractivity contribution >= 4 is 34.3 Å². The van der Waals surface area contributed by atoms with Crippen LogP contribution >= 0.6 is 11.3 Å². The van der Waals surface area contributed by atoms with E-state index >= 15 is 0 Å². The van der Waals surface area contributed by atoms with Crippen molar-refractivity contribution in [3.05, 3.63) is 41.5 Å². The van der Waals surface area contributed by atoms with Gasteiger partial charge in [-0.1, -0.05) is 0 Å². The zero-order valence-electron chi connectivity index (χ0n) is 11.6. The summed E-state index contributed by atoms with van der Waals surface area (Å²) >= 11 is 1.34. The Balaban J connectivity index is 1.97. The first-order valence-corrected chi connectivity index (χ1v) is 7.45. The number of carbonyl (C=O) groups is 2. The number of esters is 1. The van der Waals surface area contributed by atoms with Crippen LogP contribution in [0.1, 0.15) is 17.4 Å². The monoisotopic (exact) mass is 316 g/mol. The van der Waals surface area contributed by atoms with Gasteiger partial charge in [0.25, 0.3) is 0 Å². The molecule has 1 aromatic carbocycles. The van der Waals surface area contributed by atoms with E-state index in [9.17, 15) is 9.59 Å². The van der Waals surface area contributed by atoms with Crippen molar-refractivity contribution in [2.75, 3.05) is 6.61 Å². The van der Waals surface area contributed by atoms with Crippen molar-refractivity contribution < 1.29 is 19.4 Å². The smallest absolute Gasteiger partial charge is 0.415 e. The third-order valence-corrected chi connectivity index (χ3v) is 4.02. The molecule has 0 aliphatic carbocycles. The molecule has 0 spiro atoms. The zero-order chi connectivity index (χ0) is 15.7. The second-order valence-corrected chi connectivity index (χ2v) is 5.36. The number of fused-ring (bicyclic) bond motifs is 1. The van der Waals surface area contributed by atoms with Crippen molar-refractivity contribution in [1.29, 1.82) is 0 Å². The minimum Gasteiger partial charge on any atom is -0.464 e. The molecule has 0 aliphatic heterocycles. The molecule has 0 unspecified atom stereocenters. The van der Waals surface area contributed by atoms with Gasteiger partial charge in [-0.2, -0.15) is 0 Å². The van der Waals surface area contributed by atoms with E-state index < -0.39 is 12.1 Å². The Bertz CT molecular complexity index is 865. The maximum absolute atomic E-state index is 11.6. The second kappa shape index (κ2) is 5.61.